The largest absolute Gasteiger partial charge is 0.342 e. The molecule has 2 heterocycles. The van der Waals surface area contributed by atoms with E-state index in [9.17, 15) is 19.6 Å². The molecule has 0 saturated heterocycles. The molecule has 0 unspecified atom stereocenters. The van der Waals surface area contributed by atoms with Crippen LogP contribution >= 0.6 is 22.9 Å². The fourth-order valence-corrected chi connectivity index (χ4v) is 5.95. The second kappa shape index (κ2) is 13.6. The van der Waals surface area contributed by atoms with E-state index in [0.717, 1.165) is 22.3 Å². The molecule has 4 aromatic rings. The van der Waals surface area contributed by atoms with E-state index in [1.807, 2.05) is 60.0 Å². The van der Waals surface area contributed by atoms with E-state index in [2.05, 4.69) is 11.5 Å². The van der Waals surface area contributed by atoms with Crippen molar-refractivity contribution in [3.05, 3.63) is 129 Å². The van der Waals surface area contributed by atoms with Crippen LogP contribution in [0.1, 0.15) is 31.9 Å². The van der Waals surface area contributed by atoms with Gasteiger partial charge in [0.05, 0.1) is 11.4 Å². The fraction of sp³-hybridized carbons (Fsp3) is 0.212. The first-order valence-corrected chi connectivity index (χ1v) is 15.0. The quantitative estimate of drug-likeness (QED) is 0.162. The Hall–Kier alpha value is -4.65. The number of benzene rings is 3. The summed E-state index contributed by atoms with van der Waals surface area (Å²) in [5.74, 6) is -1.12. The zero-order chi connectivity index (χ0) is 30.3. The molecule has 1 aliphatic heterocycles. The summed E-state index contributed by atoms with van der Waals surface area (Å²) in [6.07, 6.45) is 2.60. The van der Waals surface area contributed by atoms with Crippen molar-refractivity contribution in [2.24, 2.45) is 0 Å². The molecule has 0 fully saturated rings. The molecule has 0 spiro atoms. The summed E-state index contributed by atoms with van der Waals surface area (Å²) in [6.45, 7) is 0.426. The summed E-state index contributed by atoms with van der Waals surface area (Å²) >= 11 is 7.33. The Morgan fingerprint density at radius 3 is 2.35 bits per heavy atom. The Balaban J connectivity index is 1.41. The molecule has 1 N–H and O–H groups in total. The number of amides is 3. The van der Waals surface area contributed by atoms with Gasteiger partial charge in [0.2, 0.25) is 5.91 Å². The summed E-state index contributed by atoms with van der Waals surface area (Å²) < 4.78 is 0. The van der Waals surface area contributed by atoms with Crippen LogP contribution in [0.25, 0.3) is 0 Å². The predicted octanol–water partition coefficient (Wildman–Crippen LogP) is 5.05. The highest BCUT2D eigenvalue weighted by molar-refractivity contribution is 7.12. The normalized spacial score (nSPS) is 14.6. The number of rotatable bonds is 9. The van der Waals surface area contributed by atoms with Gasteiger partial charge in [0.1, 0.15) is 12.1 Å². The lowest BCUT2D eigenvalue weighted by Crippen LogP contribution is -2.58. The van der Waals surface area contributed by atoms with Crippen molar-refractivity contribution < 1.29 is 14.4 Å². The van der Waals surface area contributed by atoms with Crippen molar-refractivity contribution in [2.45, 2.75) is 38.0 Å². The summed E-state index contributed by atoms with van der Waals surface area (Å²) in [5, 5.41) is 17.7. The van der Waals surface area contributed by atoms with E-state index in [1.165, 1.54) is 28.4 Å². The number of nitriles is 1. The Morgan fingerprint density at radius 2 is 1.67 bits per heavy atom. The van der Waals surface area contributed by atoms with Gasteiger partial charge in [-0.25, -0.2) is 10.0 Å². The monoisotopic (exact) mass is 611 g/mol. The maximum atomic E-state index is 14.0. The first-order valence-electron chi connectivity index (χ1n) is 13.8. The molecule has 0 radical (unpaired) electrons. The topological polar surface area (TPSA) is 96.8 Å². The van der Waals surface area contributed by atoms with Crippen LogP contribution in [0.3, 0.4) is 0 Å². The van der Waals surface area contributed by atoms with Gasteiger partial charge in [0.25, 0.3) is 11.8 Å². The number of hydrazine groups is 1. The van der Waals surface area contributed by atoms with Crippen molar-refractivity contribution in [3.63, 3.8) is 0 Å². The molecule has 10 heteroatoms. The maximum absolute atomic E-state index is 14.0. The number of carbonyl (C=O) groups is 3. The fourth-order valence-electron chi connectivity index (χ4n) is 5.15. The lowest BCUT2D eigenvalue weighted by atomic mass is 9.92. The molecular formula is C33H30ClN5O3S. The zero-order valence-electron chi connectivity index (χ0n) is 23.5. The number of hydrogen-bond donors (Lipinski definition) is 1. The van der Waals surface area contributed by atoms with Gasteiger partial charge in [-0.2, -0.15) is 5.26 Å². The molecule has 43 heavy (non-hydrogen) atoms. The number of likely N-dealkylation sites (N-methyl/N-ethyl adjacent to an activating group) is 1. The molecule has 2 atom stereocenters. The van der Waals surface area contributed by atoms with Gasteiger partial charge in [-0.05, 0) is 45.8 Å². The van der Waals surface area contributed by atoms with Gasteiger partial charge >= 0.3 is 0 Å². The number of carbonyl (C=O) groups excluding carboxylic acids is 3. The maximum Gasteiger partial charge on any atom is 0.264 e. The minimum Gasteiger partial charge on any atom is -0.342 e. The first kappa shape index (κ1) is 29.8. The number of hydrogen-bond acceptors (Lipinski definition) is 6. The van der Waals surface area contributed by atoms with Crippen LogP contribution in [0.2, 0.25) is 5.02 Å². The molecular weight excluding hydrogens is 582 g/mol. The number of nitrogens with one attached hydrogen (secondary N) is 1. The van der Waals surface area contributed by atoms with Crippen LogP contribution in [0.4, 0.5) is 0 Å². The average molecular weight is 612 g/mol. The van der Waals surface area contributed by atoms with Crippen LogP contribution in [0.15, 0.2) is 96.4 Å². The standard InChI is InChI=1S/C33H30ClN5O3S/c1-37(38(22-35)20-24-13-15-27(34)16-14-24)32(41)28(18-23-8-3-2-4-9-23)36-31(40)29-19-25-10-5-6-11-26(25)21-39(29)33(42)30-12-7-17-43-30/h2-17,28-29H,18-21H2,1H3,(H,36,40)/t28-,29-/m0/s1. The summed E-state index contributed by atoms with van der Waals surface area (Å²) in [5.41, 5.74) is 3.61. The summed E-state index contributed by atoms with van der Waals surface area (Å²) in [4.78, 5) is 43.6. The average Bonchev–Trinajstić information content (AvgIpc) is 3.58. The predicted molar refractivity (Wildman–Crippen MR) is 166 cm³/mol. The molecule has 3 aromatic carbocycles. The smallest absolute Gasteiger partial charge is 0.264 e. The van der Waals surface area contributed by atoms with E-state index in [0.29, 0.717) is 16.3 Å². The number of halogens is 1. The van der Waals surface area contributed by atoms with Crippen LogP contribution in [0, 0.1) is 11.5 Å². The highest BCUT2D eigenvalue weighted by atomic mass is 35.5. The van der Waals surface area contributed by atoms with Crippen LogP contribution in [0.5, 0.6) is 0 Å². The van der Waals surface area contributed by atoms with Crippen LogP contribution < -0.4 is 5.32 Å². The molecule has 0 bridgehead atoms. The Labute approximate surface area is 259 Å². The van der Waals surface area contributed by atoms with Gasteiger partial charge in [-0.15, -0.1) is 11.3 Å². The third kappa shape index (κ3) is 7.05. The van der Waals surface area contributed by atoms with Gasteiger partial charge < -0.3 is 10.2 Å². The van der Waals surface area contributed by atoms with Crippen molar-refractivity contribution in [2.75, 3.05) is 7.05 Å². The van der Waals surface area contributed by atoms with Gasteiger partial charge in [-0.1, -0.05) is 84.4 Å². The van der Waals surface area contributed by atoms with Crippen molar-refractivity contribution in [1.82, 2.24) is 20.2 Å². The molecule has 5 rings (SSSR count). The third-order valence-corrected chi connectivity index (χ3v) is 8.59. The minimum atomic E-state index is -0.989. The first-order chi connectivity index (χ1) is 20.8. The molecule has 0 saturated carbocycles. The van der Waals surface area contributed by atoms with E-state index < -0.39 is 23.9 Å². The molecule has 3 amide bonds. The number of nitrogens with zero attached hydrogens (tertiary/aromatic N) is 4. The number of fused-ring (bicyclic) bond motifs is 1. The second-order valence-electron chi connectivity index (χ2n) is 10.3. The highest BCUT2D eigenvalue weighted by Gasteiger charge is 2.37. The Kier molecular flexibility index (Phi) is 9.40. The van der Waals surface area contributed by atoms with E-state index in [4.69, 9.17) is 11.6 Å². The minimum absolute atomic E-state index is 0.143. The molecule has 8 nitrogen and oxygen atoms in total. The van der Waals surface area contributed by atoms with Crippen molar-refractivity contribution >= 4 is 40.7 Å². The van der Waals surface area contributed by atoms with Crippen LogP contribution in [-0.2, 0) is 35.5 Å². The lowest BCUT2D eigenvalue weighted by Gasteiger charge is -2.37. The van der Waals surface area contributed by atoms with Gasteiger partial charge in [0, 0.05) is 31.5 Å². The van der Waals surface area contributed by atoms with E-state index in [1.54, 1.807) is 41.3 Å². The van der Waals surface area contributed by atoms with E-state index in [-0.39, 0.29) is 25.4 Å². The second-order valence-corrected chi connectivity index (χ2v) is 11.7. The molecule has 1 aromatic heterocycles. The lowest BCUT2D eigenvalue weighted by molar-refractivity contribution is -0.146. The molecule has 0 aliphatic carbocycles. The van der Waals surface area contributed by atoms with E-state index >= 15 is 0 Å². The summed E-state index contributed by atoms with van der Waals surface area (Å²) in [7, 11) is 1.51. The Morgan fingerprint density at radius 1 is 0.977 bits per heavy atom. The SMILES string of the molecule is CN(C(=O)[C@H](Cc1ccccc1)NC(=O)[C@@H]1Cc2ccccc2CN1C(=O)c1cccs1)N(C#N)Cc1ccc(Cl)cc1. The zero-order valence-corrected chi connectivity index (χ0v) is 25.1. The molecule has 218 valence electrons. The van der Waals surface area contributed by atoms with Crippen LogP contribution in [-0.4, -0.2) is 51.8 Å². The Bertz CT molecular complexity index is 1620. The third-order valence-electron chi connectivity index (χ3n) is 7.48. The van der Waals surface area contributed by atoms with Gasteiger partial charge in [0.15, 0.2) is 6.19 Å². The summed E-state index contributed by atoms with van der Waals surface area (Å²) in [6, 6.07) is 25.9. The highest BCUT2D eigenvalue weighted by Crippen LogP contribution is 2.27. The van der Waals surface area contributed by atoms with Crippen molar-refractivity contribution in [1.29, 1.82) is 5.26 Å². The number of thiophene rings is 1. The molecule has 1 aliphatic rings. The van der Waals surface area contributed by atoms with Crippen molar-refractivity contribution in [3.8, 4) is 6.19 Å². The van der Waals surface area contributed by atoms with Gasteiger partial charge in [-0.3, -0.25) is 14.4 Å².